The topological polar surface area (TPSA) is 0 Å². The number of unbranched alkanes of at least 4 members (excludes halogenated alkanes) is 11. The zero-order valence-corrected chi connectivity index (χ0v) is 12.6. The van der Waals surface area contributed by atoms with Crippen LogP contribution in [0.15, 0.2) is 0 Å². The van der Waals surface area contributed by atoms with Crippen molar-refractivity contribution >= 4 is 0 Å². The van der Waals surface area contributed by atoms with Gasteiger partial charge in [0.25, 0.3) is 6.43 Å². The quantitative estimate of drug-likeness (QED) is 0.235. The van der Waals surface area contributed by atoms with Crippen LogP contribution < -0.4 is 0 Å². The average Bonchev–Trinajstić information content (AvgIpc) is 2.43. The zero-order chi connectivity index (χ0) is 15.1. The Bertz CT molecular complexity index is 185. The van der Waals surface area contributed by atoms with E-state index >= 15 is 0 Å². The van der Waals surface area contributed by atoms with E-state index in [-0.39, 0.29) is 13.1 Å². The van der Waals surface area contributed by atoms with Crippen LogP contribution >= 0.6 is 0 Å². The fourth-order valence-corrected chi connectivity index (χ4v) is 2.33. The molecule has 0 nitrogen and oxygen atoms in total. The van der Waals surface area contributed by atoms with Gasteiger partial charge in [-0.15, -0.1) is 0 Å². The Labute approximate surface area is 121 Å². The molecule has 0 aliphatic carbocycles. The molecule has 20 heavy (non-hydrogen) atoms. The molecule has 0 radical (unpaired) electrons. The highest BCUT2D eigenvalue weighted by molar-refractivity contribution is 4.58. The van der Waals surface area contributed by atoms with Crippen molar-refractivity contribution in [1.82, 2.24) is 0 Å². The molecular weight excluding hydrogens is 268 g/mol. The van der Waals surface area contributed by atoms with Gasteiger partial charge in [-0.05, 0) is 12.8 Å². The Morgan fingerprint density at radius 3 is 1.20 bits per heavy atom. The molecule has 0 aromatic carbocycles. The molecule has 0 fully saturated rings. The summed E-state index contributed by atoms with van der Waals surface area (Å²) in [6.07, 6.45) is 7.70. The van der Waals surface area contributed by atoms with Gasteiger partial charge < -0.3 is 0 Å². The molecule has 0 spiro atoms. The lowest BCUT2D eigenvalue weighted by atomic mass is 10.0. The standard InChI is InChI=1S/C16H30F4/c17-14-12-10-8-6-4-2-1-3-5-7-9-11-13-15(18)16(19)20/h15-16H,1-14H2. The van der Waals surface area contributed by atoms with E-state index in [1.807, 2.05) is 0 Å². The fourth-order valence-electron chi connectivity index (χ4n) is 2.33. The van der Waals surface area contributed by atoms with Crippen LogP contribution in [0, 0.1) is 0 Å². The van der Waals surface area contributed by atoms with Gasteiger partial charge in [0.2, 0.25) is 0 Å². The van der Waals surface area contributed by atoms with Crippen LogP contribution in [-0.2, 0) is 0 Å². The molecule has 0 aromatic rings. The molecule has 0 amide bonds. The van der Waals surface area contributed by atoms with Gasteiger partial charge >= 0.3 is 0 Å². The van der Waals surface area contributed by atoms with Gasteiger partial charge in [0.15, 0.2) is 6.17 Å². The lowest BCUT2D eigenvalue weighted by Gasteiger charge is -2.06. The minimum absolute atomic E-state index is 0.00343. The van der Waals surface area contributed by atoms with Crippen molar-refractivity contribution in [3.05, 3.63) is 0 Å². The van der Waals surface area contributed by atoms with Crippen molar-refractivity contribution in [2.75, 3.05) is 6.67 Å². The Morgan fingerprint density at radius 1 is 0.500 bits per heavy atom. The van der Waals surface area contributed by atoms with Crippen LogP contribution in [0.3, 0.4) is 0 Å². The summed E-state index contributed by atoms with van der Waals surface area (Å²) >= 11 is 0. The first kappa shape index (κ1) is 19.7. The van der Waals surface area contributed by atoms with Crippen LogP contribution in [0.4, 0.5) is 17.6 Å². The second kappa shape index (κ2) is 15.1. The maximum absolute atomic E-state index is 12.6. The second-order valence-electron chi connectivity index (χ2n) is 5.57. The van der Waals surface area contributed by atoms with Crippen molar-refractivity contribution in [2.24, 2.45) is 0 Å². The summed E-state index contributed by atoms with van der Waals surface area (Å²) in [5.74, 6) is 0. The molecule has 0 bridgehead atoms. The number of rotatable bonds is 15. The van der Waals surface area contributed by atoms with Gasteiger partial charge in [0.1, 0.15) is 0 Å². The SMILES string of the molecule is FCCCCCCCCCCCCCCC(F)C(F)F. The van der Waals surface area contributed by atoms with Crippen molar-refractivity contribution in [2.45, 2.75) is 96.1 Å². The molecule has 0 aromatic heterocycles. The van der Waals surface area contributed by atoms with Crippen LogP contribution in [0.25, 0.3) is 0 Å². The average molecular weight is 298 g/mol. The summed E-state index contributed by atoms with van der Waals surface area (Å²) in [4.78, 5) is 0. The summed E-state index contributed by atoms with van der Waals surface area (Å²) in [6, 6.07) is 0. The Balaban J connectivity index is 3.03. The maximum Gasteiger partial charge on any atom is 0.269 e. The largest absolute Gasteiger partial charge is 0.269 e. The van der Waals surface area contributed by atoms with Crippen LogP contribution in [0.5, 0.6) is 0 Å². The third-order valence-electron chi connectivity index (χ3n) is 3.64. The van der Waals surface area contributed by atoms with Crippen LogP contribution in [-0.4, -0.2) is 19.3 Å². The third kappa shape index (κ3) is 14.1. The monoisotopic (exact) mass is 298 g/mol. The van der Waals surface area contributed by atoms with E-state index in [0.717, 1.165) is 32.1 Å². The van der Waals surface area contributed by atoms with Gasteiger partial charge in [-0.1, -0.05) is 70.6 Å². The predicted molar refractivity (Wildman–Crippen MR) is 76.9 cm³/mol. The molecule has 0 heterocycles. The van der Waals surface area contributed by atoms with Gasteiger partial charge in [-0.25, -0.2) is 13.2 Å². The Kier molecular flexibility index (Phi) is 14.9. The first-order valence-electron chi connectivity index (χ1n) is 8.16. The van der Waals surface area contributed by atoms with E-state index < -0.39 is 12.6 Å². The first-order chi connectivity index (χ1) is 9.68. The van der Waals surface area contributed by atoms with Crippen LogP contribution in [0.2, 0.25) is 0 Å². The summed E-state index contributed by atoms with van der Waals surface area (Å²) in [7, 11) is 0. The van der Waals surface area contributed by atoms with Crippen molar-refractivity contribution in [1.29, 1.82) is 0 Å². The highest BCUT2D eigenvalue weighted by Gasteiger charge is 2.17. The smallest absolute Gasteiger partial charge is 0.251 e. The maximum atomic E-state index is 12.6. The van der Waals surface area contributed by atoms with E-state index in [1.54, 1.807) is 0 Å². The van der Waals surface area contributed by atoms with Gasteiger partial charge in [-0.2, -0.15) is 0 Å². The van der Waals surface area contributed by atoms with Crippen molar-refractivity contribution in [3.63, 3.8) is 0 Å². The molecule has 0 aliphatic rings. The first-order valence-corrected chi connectivity index (χ1v) is 8.16. The van der Waals surface area contributed by atoms with E-state index in [0.29, 0.717) is 12.8 Å². The molecular formula is C16H30F4. The highest BCUT2D eigenvalue weighted by Crippen LogP contribution is 2.16. The number of alkyl halides is 4. The molecule has 122 valence electrons. The molecule has 4 heteroatoms. The van der Waals surface area contributed by atoms with Crippen molar-refractivity contribution in [3.8, 4) is 0 Å². The van der Waals surface area contributed by atoms with Gasteiger partial charge in [0.05, 0.1) is 6.67 Å². The van der Waals surface area contributed by atoms with E-state index in [1.165, 1.54) is 32.1 Å². The predicted octanol–water partition coefficient (Wildman–Crippen LogP) is 6.63. The molecule has 1 unspecified atom stereocenters. The Hall–Kier alpha value is -0.280. The summed E-state index contributed by atoms with van der Waals surface area (Å²) in [5.41, 5.74) is 0. The molecule has 0 saturated carbocycles. The second-order valence-corrected chi connectivity index (χ2v) is 5.57. The van der Waals surface area contributed by atoms with E-state index in [2.05, 4.69) is 0 Å². The van der Waals surface area contributed by atoms with Crippen LogP contribution in [0.1, 0.15) is 83.5 Å². The minimum atomic E-state index is -2.82. The molecule has 0 N–H and O–H groups in total. The van der Waals surface area contributed by atoms with Gasteiger partial charge in [-0.3, -0.25) is 4.39 Å². The number of hydrogen-bond donors (Lipinski definition) is 0. The minimum Gasteiger partial charge on any atom is -0.251 e. The molecule has 0 saturated heterocycles. The third-order valence-corrected chi connectivity index (χ3v) is 3.64. The zero-order valence-electron chi connectivity index (χ0n) is 12.6. The lowest BCUT2D eigenvalue weighted by Crippen LogP contribution is -2.11. The summed E-state index contributed by atoms with van der Waals surface area (Å²) < 4.78 is 48.2. The molecule has 1 atom stereocenters. The number of hydrogen-bond acceptors (Lipinski definition) is 0. The summed E-state index contributed by atoms with van der Waals surface area (Å²) in [5, 5.41) is 0. The van der Waals surface area contributed by atoms with E-state index in [4.69, 9.17) is 0 Å². The summed E-state index contributed by atoms with van der Waals surface area (Å²) in [6.45, 7) is -0.194. The van der Waals surface area contributed by atoms with Crippen molar-refractivity contribution < 1.29 is 17.6 Å². The fraction of sp³-hybridized carbons (Fsp3) is 1.00. The Morgan fingerprint density at radius 2 is 0.850 bits per heavy atom. The lowest BCUT2D eigenvalue weighted by molar-refractivity contribution is 0.0440. The molecule has 0 aliphatic heterocycles. The van der Waals surface area contributed by atoms with E-state index in [9.17, 15) is 17.6 Å². The number of halogens is 4. The van der Waals surface area contributed by atoms with Gasteiger partial charge in [0, 0.05) is 0 Å². The molecule has 0 rings (SSSR count). The normalized spacial score (nSPS) is 13.1. The highest BCUT2D eigenvalue weighted by atomic mass is 19.3.